The van der Waals surface area contributed by atoms with Crippen molar-refractivity contribution in [1.29, 1.82) is 0 Å². The van der Waals surface area contributed by atoms with Crippen molar-refractivity contribution >= 4 is 0 Å². The van der Waals surface area contributed by atoms with Gasteiger partial charge in [0.25, 0.3) is 0 Å². The van der Waals surface area contributed by atoms with Gasteiger partial charge in [-0.3, -0.25) is 10.3 Å². The standard InChI is InChI=1S/C6H14N4.C2H6/c1-5-6-2-7-3-10(6)4-8-9-5;1-2/h5-9H,2-4H2,1H3;1-2H3. The Bertz CT molecular complexity index is 128. The zero-order valence-corrected chi connectivity index (χ0v) is 8.22. The van der Waals surface area contributed by atoms with Gasteiger partial charge < -0.3 is 5.32 Å². The summed E-state index contributed by atoms with van der Waals surface area (Å²) in [6, 6.07) is 1.24. The molecule has 3 N–H and O–H groups in total. The molecule has 2 heterocycles. The maximum atomic E-state index is 3.34. The number of rotatable bonds is 0. The molecule has 2 saturated heterocycles. The summed E-state index contributed by atoms with van der Waals surface area (Å²) in [7, 11) is 0. The summed E-state index contributed by atoms with van der Waals surface area (Å²) in [6.45, 7) is 9.32. The van der Waals surface area contributed by atoms with Gasteiger partial charge in [-0.1, -0.05) is 13.8 Å². The van der Waals surface area contributed by atoms with E-state index in [4.69, 9.17) is 0 Å². The number of nitrogens with one attached hydrogen (secondary N) is 3. The van der Waals surface area contributed by atoms with E-state index in [1.165, 1.54) is 0 Å². The molecule has 2 aliphatic rings. The Hall–Kier alpha value is -0.160. The average molecular weight is 172 g/mol. The first kappa shape index (κ1) is 9.92. The first-order valence-corrected chi connectivity index (χ1v) is 4.81. The van der Waals surface area contributed by atoms with Gasteiger partial charge in [0.2, 0.25) is 0 Å². The van der Waals surface area contributed by atoms with Gasteiger partial charge in [0, 0.05) is 25.3 Å². The predicted molar refractivity (Wildman–Crippen MR) is 50.4 cm³/mol. The van der Waals surface area contributed by atoms with Gasteiger partial charge in [0.1, 0.15) is 0 Å². The molecule has 0 aromatic rings. The zero-order valence-electron chi connectivity index (χ0n) is 8.22. The van der Waals surface area contributed by atoms with Gasteiger partial charge in [-0.05, 0) is 6.92 Å². The molecule has 4 heteroatoms. The van der Waals surface area contributed by atoms with E-state index in [-0.39, 0.29) is 0 Å². The number of nitrogens with zero attached hydrogens (tertiary/aromatic N) is 1. The van der Waals surface area contributed by atoms with Gasteiger partial charge in [-0.25, -0.2) is 5.43 Å². The highest BCUT2D eigenvalue weighted by molar-refractivity contribution is 4.89. The van der Waals surface area contributed by atoms with E-state index in [0.29, 0.717) is 12.1 Å². The third-order valence-electron chi connectivity index (χ3n) is 2.33. The molecule has 2 rings (SSSR count). The molecule has 4 nitrogen and oxygen atoms in total. The molecule has 0 aromatic heterocycles. The SMILES string of the molecule is CC.CC1NNCN2CNCC12. The van der Waals surface area contributed by atoms with Crippen molar-refractivity contribution in [2.45, 2.75) is 32.9 Å². The predicted octanol–water partition coefficient (Wildman–Crippen LogP) is -0.302. The molecule has 12 heavy (non-hydrogen) atoms. The molecule has 0 aliphatic carbocycles. The molecule has 0 amide bonds. The van der Waals surface area contributed by atoms with Gasteiger partial charge >= 0.3 is 0 Å². The van der Waals surface area contributed by atoms with Crippen molar-refractivity contribution in [2.24, 2.45) is 0 Å². The zero-order chi connectivity index (χ0) is 8.97. The lowest BCUT2D eigenvalue weighted by molar-refractivity contribution is 0.132. The second-order valence-electron chi connectivity index (χ2n) is 3.04. The van der Waals surface area contributed by atoms with Crippen LogP contribution < -0.4 is 16.2 Å². The smallest absolute Gasteiger partial charge is 0.0629 e. The lowest BCUT2D eigenvalue weighted by Gasteiger charge is -2.34. The number of hydrazine groups is 1. The minimum absolute atomic E-state index is 0.559. The third-order valence-corrected chi connectivity index (χ3v) is 2.33. The van der Waals surface area contributed by atoms with Gasteiger partial charge in [0.15, 0.2) is 0 Å². The molecule has 2 atom stereocenters. The fourth-order valence-electron chi connectivity index (χ4n) is 1.67. The second-order valence-corrected chi connectivity index (χ2v) is 3.04. The van der Waals surface area contributed by atoms with E-state index in [2.05, 4.69) is 28.0 Å². The van der Waals surface area contributed by atoms with E-state index < -0.39 is 0 Å². The Kier molecular flexibility index (Phi) is 3.94. The molecule has 2 fully saturated rings. The van der Waals surface area contributed by atoms with Crippen molar-refractivity contribution in [3.05, 3.63) is 0 Å². The second kappa shape index (κ2) is 4.77. The van der Waals surface area contributed by atoms with Crippen LogP contribution in [0.4, 0.5) is 0 Å². The highest BCUT2D eigenvalue weighted by Crippen LogP contribution is 2.09. The van der Waals surface area contributed by atoms with Crippen molar-refractivity contribution in [3.8, 4) is 0 Å². The summed E-state index contributed by atoms with van der Waals surface area (Å²) >= 11 is 0. The average Bonchev–Trinajstić information content (AvgIpc) is 2.57. The lowest BCUT2D eigenvalue weighted by Crippen LogP contribution is -2.60. The molecular weight excluding hydrogens is 152 g/mol. The van der Waals surface area contributed by atoms with Crippen LogP contribution in [0.5, 0.6) is 0 Å². The van der Waals surface area contributed by atoms with E-state index in [1.54, 1.807) is 0 Å². The summed E-state index contributed by atoms with van der Waals surface area (Å²) in [5.74, 6) is 0. The minimum atomic E-state index is 0.559. The van der Waals surface area contributed by atoms with Crippen LogP contribution in [-0.2, 0) is 0 Å². The molecule has 0 aromatic carbocycles. The maximum Gasteiger partial charge on any atom is 0.0629 e. The Morgan fingerprint density at radius 3 is 2.67 bits per heavy atom. The van der Waals surface area contributed by atoms with Crippen molar-refractivity contribution in [1.82, 2.24) is 21.1 Å². The fraction of sp³-hybridized carbons (Fsp3) is 1.00. The van der Waals surface area contributed by atoms with Crippen LogP contribution in [0.15, 0.2) is 0 Å². The van der Waals surface area contributed by atoms with Crippen LogP contribution in [0.3, 0.4) is 0 Å². The molecular formula is C8H20N4. The lowest BCUT2D eigenvalue weighted by atomic mass is 10.1. The van der Waals surface area contributed by atoms with Crippen molar-refractivity contribution in [3.63, 3.8) is 0 Å². The Morgan fingerprint density at radius 1 is 1.25 bits per heavy atom. The van der Waals surface area contributed by atoms with Crippen LogP contribution in [0.25, 0.3) is 0 Å². The third kappa shape index (κ3) is 1.95. The molecule has 0 spiro atoms. The summed E-state index contributed by atoms with van der Waals surface area (Å²) in [6.07, 6.45) is 0. The monoisotopic (exact) mass is 172 g/mol. The highest BCUT2D eigenvalue weighted by atomic mass is 15.5. The summed E-state index contributed by atoms with van der Waals surface area (Å²) in [4.78, 5) is 2.40. The van der Waals surface area contributed by atoms with Crippen LogP contribution in [0, 0.1) is 0 Å². The van der Waals surface area contributed by atoms with Crippen LogP contribution in [0.2, 0.25) is 0 Å². The number of fused-ring (bicyclic) bond motifs is 1. The van der Waals surface area contributed by atoms with Crippen LogP contribution in [0.1, 0.15) is 20.8 Å². The molecule has 0 radical (unpaired) electrons. The maximum absolute atomic E-state index is 3.34. The van der Waals surface area contributed by atoms with Crippen molar-refractivity contribution in [2.75, 3.05) is 19.9 Å². The number of hydrogen-bond donors (Lipinski definition) is 3. The molecule has 0 bridgehead atoms. The van der Waals surface area contributed by atoms with Crippen LogP contribution >= 0.6 is 0 Å². The van der Waals surface area contributed by atoms with E-state index >= 15 is 0 Å². The Balaban J connectivity index is 0.000000336. The first-order valence-electron chi connectivity index (χ1n) is 4.81. The van der Waals surface area contributed by atoms with E-state index in [9.17, 15) is 0 Å². The minimum Gasteiger partial charge on any atom is -0.303 e. The van der Waals surface area contributed by atoms with Gasteiger partial charge in [-0.15, -0.1) is 0 Å². The normalized spacial score (nSPS) is 35.2. The Morgan fingerprint density at radius 2 is 2.00 bits per heavy atom. The molecule has 2 unspecified atom stereocenters. The summed E-state index contributed by atoms with van der Waals surface area (Å²) in [5.41, 5.74) is 6.36. The number of hydrogen-bond acceptors (Lipinski definition) is 4. The van der Waals surface area contributed by atoms with Gasteiger partial charge in [0.05, 0.1) is 6.67 Å². The summed E-state index contributed by atoms with van der Waals surface area (Å²) in [5, 5.41) is 3.34. The van der Waals surface area contributed by atoms with Gasteiger partial charge in [-0.2, -0.15) is 0 Å². The van der Waals surface area contributed by atoms with E-state index in [1.807, 2.05) is 13.8 Å². The molecule has 0 saturated carbocycles. The topological polar surface area (TPSA) is 39.3 Å². The molecule has 2 aliphatic heterocycles. The first-order chi connectivity index (χ1) is 5.88. The van der Waals surface area contributed by atoms with Crippen molar-refractivity contribution < 1.29 is 0 Å². The highest BCUT2D eigenvalue weighted by Gasteiger charge is 2.31. The fourth-order valence-corrected chi connectivity index (χ4v) is 1.67. The Labute approximate surface area is 74.7 Å². The summed E-state index contributed by atoms with van der Waals surface area (Å²) < 4.78 is 0. The van der Waals surface area contributed by atoms with E-state index in [0.717, 1.165) is 19.9 Å². The van der Waals surface area contributed by atoms with Crippen LogP contribution in [-0.4, -0.2) is 36.9 Å². The quantitative estimate of drug-likeness (QED) is 0.469. The molecule has 72 valence electrons. The largest absolute Gasteiger partial charge is 0.303 e.